The zero-order valence-corrected chi connectivity index (χ0v) is 12.1. The molecule has 0 heterocycles. The van der Waals surface area contributed by atoms with Crippen molar-refractivity contribution in [2.75, 3.05) is 13.1 Å². The molecule has 0 amide bonds. The Hall–Kier alpha value is -0.820. The summed E-state index contributed by atoms with van der Waals surface area (Å²) in [6.45, 7) is 13.4. The molecule has 0 saturated carbocycles. The number of nitrogens with one attached hydrogen (secondary N) is 1. The van der Waals surface area contributed by atoms with Crippen LogP contribution in [0.4, 0.5) is 0 Å². The summed E-state index contributed by atoms with van der Waals surface area (Å²) >= 11 is 0. The molecule has 1 atom stereocenters. The molecule has 0 aliphatic heterocycles. The number of hydrogen-bond donors (Lipinski definition) is 1. The van der Waals surface area contributed by atoms with Crippen molar-refractivity contribution in [2.24, 2.45) is 5.92 Å². The van der Waals surface area contributed by atoms with Crippen molar-refractivity contribution in [3.8, 4) is 0 Å². The molecule has 1 nitrogen and oxygen atoms in total. The van der Waals surface area contributed by atoms with Crippen LogP contribution in [0, 0.1) is 26.7 Å². The first-order valence-corrected chi connectivity index (χ1v) is 6.82. The van der Waals surface area contributed by atoms with Gasteiger partial charge in [0.05, 0.1) is 0 Å². The minimum Gasteiger partial charge on any atom is -0.317 e. The van der Waals surface area contributed by atoms with E-state index in [-0.39, 0.29) is 0 Å². The van der Waals surface area contributed by atoms with E-state index in [4.69, 9.17) is 0 Å². The van der Waals surface area contributed by atoms with Gasteiger partial charge in [0.15, 0.2) is 0 Å². The van der Waals surface area contributed by atoms with Crippen LogP contribution in [0.25, 0.3) is 0 Å². The normalized spacial score (nSPS) is 12.8. The van der Waals surface area contributed by atoms with Gasteiger partial charge in [0, 0.05) is 0 Å². The Bertz CT molecular complexity index is 332. The van der Waals surface area contributed by atoms with Gasteiger partial charge in [0.2, 0.25) is 0 Å². The molecule has 0 radical (unpaired) electrons. The van der Waals surface area contributed by atoms with Crippen LogP contribution in [-0.2, 0) is 6.42 Å². The van der Waals surface area contributed by atoms with Crippen molar-refractivity contribution >= 4 is 0 Å². The lowest BCUT2D eigenvalue weighted by atomic mass is 9.93. The summed E-state index contributed by atoms with van der Waals surface area (Å²) in [5.41, 5.74) is 5.85. The third-order valence-electron chi connectivity index (χ3n) is 3.47. The topological polar surface area (TPSA) is 12.0 Å². The Kier molecular flexibility index (Phi) is 5.70. The maximum absolute atomic E-state index is 3.42. The van der Waals surface area contributed by atoms with E-state index in [0.717, 1.165) is 19.0 Å². The van der Waals surface area contributed by atoms with E-state index in [1.165, 1.54) is 29.5 Å². The molecule has 0 fully saturated rings. The fourth-order valence-corrected chi connectivity index (χ4v) is 2.49. The SMILES string of the molecule is CCNCC(C)CCc1c(C)cc(C)cc1C. The highest BCUT2D eigenvalue weighted by Crippen LogP contribution is 2.19. The molecule has 1 aromatic carbocycles. The van der Waals surface area contributed by atoms with Gasteiger partial charge in [-0.25, -0.2) is 0 Å². The van der Waals surface area contributed by atoms with Crippen LogP contribution in [0.15, 0.2) is 12.1 Å². The van der Waals surface area contributed by atoms with Crippen LogP contribution in [0.2, 0.25) is 0 Å². The summed E-state index contributed by atoms with van der Waals surface area (Å²) in [4.78, 5) is 0. The lowest BCUT2D eigenvalue weighted by Gasteiger charge is -2.15. The first-order chi connectivity index (χ1) is 8.04. The molecule has 96 valence electrons. The minimum absolute atomic E-state index is 0.759. The van der Waals surface area contributed by atoms with E-state index < -0.39 is 0 Å². The van der Waals surface area contributed by atoms with Crippen LogP contribution in [0.5, 0.6) is 0 Å². The van der Waals surface area contributed by atoms with Crippen molar-refractivity contribution in [1.82, 2.24) is 5.32 Å². The van der Waals surface area contributed by atoms with E-state index in [0.29, 0.717) is 0 Å². The van der Waals surface area contributed by atoms with Crippen LogP contribution < -0.4 is 5.32 Å². The number of rotatable bonds is 6. The van der Waals surface area contributed by atoms with Gasteiger partial charge < -0.3 is 5.32 Å². The van der Waals surface area contributed by atoms with Gasteiger partial charge in [-0.15, -0.1) is 0 Å². The van der Waals surface area contributed by atoms with Crippen molar-refractivity contribution in [3.63, 3.8) is 0 Å². The quantitative estimate of drug-likeness (QED) is 0.788. The van der Waals surface area contributed by atoms with Crippen molar-refractivity contribution < 1.29 is 0 Å². The first kappa shape index (κ1) is 14.2. The highest BCUT2D eigenvalue weighted by molar-refractivity contribution is 5.37. The van der Waals surface area contributed by atoms with Crippen LogP contribution in [0.3, 0.4) is 0 Å². The summed E-state index contributed by atoms with van der Waals surface area (Å²) < 4.78 is 0. The van der Waals surface area contributed by atoms with E-state index in [2.05, 4.69) is 52.1 Å². The molecule has 1 N–H and O–H groups in total. The second-order valence-corrected chi connectivity index (χ2v) is 5.33. The zero-order valence-electron chi connectivity index (χ0n) is 12.1. The largest absolute Gasteiger partial charge is 0.317 e. The fraction of sp³-hybridized carbons (Fsp3) is 0.625. The van der Waals surface area contributed by atoms with Gasteiger partial charge >= 0.3 is 0 Å². The van der Waals surface area contributed by atoms with Crippen molar-refractivity contribution in [2.45, 2.75) is 47.5 Å². The molecule has 1 rings (SSSR count). The van der Waals surface area contributed by atoms with E-state index >= 15 is 0 Å². The highest BCUT2D eigenvalue weighted by Gasteiger charge is 2.07. The molecule has 1 heteroatoms. The van der Waals surface area contributed by atoms with Crippen molar-refractivity contribution in [3.05, 3.63) is 34.4 Å². The van der Waals surface area contributed by atoms with Gasteiger partial charge in [-0.05, 0) is 69.3 Å². The first-order valence-electron chi connectivity index (χ1n) is 6.82. The molecule has 0 bridgehead atoms. The molecule has 1 unspecified atom stereocenters. The second kappa shape index (κ2) is 6.80. The minimum atomic E-state index is 0.759. The Labute approximate surface area is 107 Å². The lowest BCUT2D eigenvalue weighted by Crippen LogP contribution is -2.21. The van der Waals surface area contributed by atoms with Gasteiger partial charge in [0.25, 0.3) is 0 Å². The second-order valence-electron chi connectivity index (χ2n) is 5.33. The Morgan fingerprint density at radius 1 is 1.12 bits per heavy atom. The molecule has 0 aromatic heterocycles. The third-order valence-corrected chi connectivity index (χ3v) is 3.47. The summed E-state index contributed by atoms with van der Waals surface area (Å²) in [6, 6.07) is 4.61. The molecular formula is C16H27N. The molecule has 0 spiro atoms. The van der Waals surface area contributed by atoms with Gasteiger partial charge in [-0.1, -0.05) is 31.5 Å². The molecular weight excluding hydrogens is 206 g/mol. The van der Waals surface area contributed by atoms with Crippen LogP contribution >= 0.6 is 0 Å². The predicted octanol–water partition coefficient (Wildman–Crippen LogP) is 3.79. The maximum atomic E-state index is 3.42. The van der Waals surface area contributed by atoms with E-state index in [1.807, 2.05) is 0 Å². The molecule has 17 heavy (non-hydrogen) atoms. The summed E-state index contributed by atoms with van der Waals surface area (Å²) in [6.07, 6.45) is 2.49. The Balaban J connectivity index is 2.57. The van der Waals surface area contributed by atoms with E-state index in [9.17, 15) is 0 Å². The predicted molar refractivity (Wildman–Crippen MR) is 76.7 cm³/mol. The van der Waals surface area contributed by atoms with Crippen LogP contribution in [-0.4, -0.2) is 13.1 Å². The molecule has 1 aromatic rings. The smallest absolute Gasteiger partial charge is 0.00232 e. The Morgan fingerprint density at radius 2 is 1.71 bits per heavy atom. The highest BCUT2D eigenvalue weighted by atomic mass is 14.8. The number of hydrogen-bond acceptors (Lipinski definition) is 1. The maximum Gasteiger partial charge on any atom is -0.00232 e. The van der Waals surface area contributed by atoms with Crippen molar-refractivity contribution in [1.29, 1.82) is 0 Å². The third kappa shape index (κ3) is 4.51. The number of aryl methyl sites for hydroxylation is 3. The van der Waals surface area contributed by atoms with Gasteiger partial charge in [0.1, 0.15) is 0 Å². The van der Waals surface area contributed by atoms with E-state index in [1.54, 1.807) is 5.56 Å². The average molecular weight is 233 g/mol. The monoisotopic (exact) mass is 233 g/mol. The number of benzene rings is 1. The fourth-order valence-electron chi connectivity index (χ4n) is 2.49. The van der Waals surface area contributed by atoms with Gasteiger partial charge in [-0.2, -0.15) is 0 Å². The standard InChI is InChI=1S/C16H27N/c1-6-17-11-12(2)7-8-16-14(4)9-13(3)10-15(16)5/h9-10,12,17H,6-8,11H2,1-5H3. The molecule has 0 aliphatic carbocycles. The summed E-state index contributed by atoms with van der Waals surface area (Å²) in [7, 11) is 0. The molecule has 0 saturated heterocycles. The zero-order chi connectivity index (χ0) is 12.8. The summed E-state index contributed by atoms with van der Waals surface area (Å²) in [5.74, 6) is 0.759. The lowest BCUT2D eigenvalue weighted by molar-refractivity contribution is 0.488. The average Bonchev–Trinajstić information content (AvgIpc) is 2.24. The Morgan fingerprint density at radius 3 is 2.24 bits per heavy atom. The van der Waals surface area contributed by atoms with Crippen LogP contribution in [0.1, 0.15) is 42.5 Å². The summed E-state index contributed by atoms with van der Waals surface area (Å²) in [5, 5.41) is 3.42. The van der Waals surface area contributed by atoms with Gasteiger partial charge in [-0.3, -0.25) is 0 Å². The molecule has 0 aliphatic rings.